The molecular weight excluding hydrogens is 240 g/mol. The Morgan fingerprint density at radius 1 is 1.50 bits per heavy atom. The molecule has 0 spiro atoms. The molecular formula is C12H19ClN2S. The highest BCUT2D eigenvalue weighted by atomic mass is 35.5. The highest BCUT2D eigenvalue weighted by Crippen LogP contribution is 2.22. The minimum atomic E-state index is 0.502. The van der Waals surface area contributed by atoms with Gasteiger partial charge in [0.15, 0.2) is 0 Å². The molecule has 0 aliphatic carbocycles. The molecule has 4 heteroatoms. The quantitative estimate of drug-likeness (QED) is 0.868. The van der Waals surface area contributed by atoms with Crippen LogP contribution in [0.5, 0.6) is 0 Å². The van der Waals surface area contributed by atoms with Crippen molar-refractivity contribution in [3.05, 3.63) is 21.1 Å². The highest BCUT2D eigenvalue weighted by Gasteiger charge is 2.06. The van der Waals surface area contributed by atoms with Crippen LogP contribution in [0.25, 0.3) is 6.08 Å². The number of nitrogens with one attached hydrogen (secondary N) is 1. The van der Waals surface area contributed by atoms with Crippen molar-refractivity contribution in [1.82, 2.24) is 10.3 Å². The van der Waals surface area contributed by atoms with Crippen LogP contribution in [0, 0.1) is 5.92 Å². The molecule has 0 amide bonds. The second-order valence-corrected chi connectivity index (χ2v) is 6.11. The Morgan fingerprint density at radius 3 is 2.62 bits per heavy atom. The molecule has 0 aromatic carbocycles. The summed E-state index contributed by atoms with van der Waals surface area (Å²) in [6.07, 6.45) is 3.84. The Hall–Kier alpha value is -0.380. The molecule has 0 saturated heterocycles. The van der Waals surface area contributed by atoms with E-state index in [1.165, 1.54) is 16.9 Å². The predicted molar refractivity (Wildman–Crippen MR) is 73.1 cm³/mol. The van der Waals surface area contributed by atoms with Crippen LogP contribution in [0.4, 0.5) is 0 Å². The van der Waals surface area contributed by atoms with Crippen molar-refractivity contribution in [3.63, 3.8) is 0 Å². The molecule has 0 aliphatic heterocycles. The number of nitrogens with zero attached hydrogens (tertiary/aromatic N) is 1. The van der Waals surface area contributed by atoms with Gasteiger partial charge in [0.2, 0.25) is 0 Å². The summed E-state index contributed by atoms with van der Waals surface area (Å²) in [6, 6.07) is 0.502. The van der Waals surface area contributed by atoms with Crippen LogP contribution in [-0.4, -0.2) is 17.6 Å². The van der Waals surface area contributed by atoms with E-state index in [1.807, 2.05) is 0 Å². The zero-order valence-electron chi connectivity index (χ0n) is 10.2. The molecule has 0 saturated carbocycles. The summed E-state index contributed by atoms with van der Waals surface area (Å²) < 4.78 is 0.742. The first-order chi connectivity index (χ1) is 7.49. The van der Waals surface area contributed by atoms with Gasteiger partial charge in [-0.05, 0) is 12.0 Å². The van der Waals surface area contributed by atoms with Gasteiger partial charge in [0.1, 0.15) is 9.34 Å². The molecule has 1 aromatic heterocycles. The standard InChI is InChI=1S/C12H19ClN2S/c1-8(2)10(6-14-9(3)4)5-12-15-7-11(13)16-12/h5,7-9,14H,6H2,1-4H3/b10-5-. The Bertz CT molecular complexity index is 356. The van der Waals surface area contributed by atoms with E-state index < -0.39 is 0 Å². The summed E-state index contributed by atoms with van der Waals surface area (Å²) in [4.78, 5) is 4.25. The third-order valence-electron chi connectivity index (χ3n) is 2.26. The Kier molecular flexibility index (Phi) is 5.46. The maximum absolute atomic E-state index is 5.86. The second kappa shape index (κ2) is 6.38. The van der Waals surface area contributed by atoms with E-state index >= 15 is 0 Å². The lowest BCUT2D eigenvalue weighted by atomic mass is 10.0. The molecule has 90 valence electrons. The van der Waals surface area contributed by atoms with Gasteiger partial charge in [-0.15, -0.1) is 11.3 Å². The van der Waals surface area contributed by atoms with Gasteiger partial charge in [0, 0.05) is 12.6 Å². The van der Waals surface area contributed by atoms with E-state index in [4.69, 9.17) is 11.6 Å². The topological polar surface area (TPSA) is 24.9 Å². The Balaban J connectivity index is 2.73. The predicted octanol–water partition coefficient (Wildman–Crippen LogP) is 3.83. The van der Waals surface area contributed by atoms with Crippen LogP contribution in [0.1, 0.15) is 32.7 Å². The molecule has 0 bridgehead atoms. The SMILES string of the molecule is CC(C)NC/C(=C/c1ncc(Cl)s1)C(C)C. The molecule has 16 heavy (non-hydrogen) atoms. The molecule has 1 N–H and O–H groups in total. The number of hydrogen-bond donors (Lipinski definition) is 1. The van der Waals surface area contributed by atoms with Crippen molar-refractivity contribution in [2.45, 2.75) is 33.7 Å². The fourth-order valence-electron chi connectivity index (χ4n) is 1.24. The van der Waals surface area contributed by atoms with Crippen LogP contribution in [0.15, 0.2) is 11.8 Å². The van der Waals surface area contributed by atoms with Gasteiger partial charge in [-0.1, -0.05) is 44.9 Å². The van der Waals surface area contributed by atoms with Crippen molar-refractivity contribution in [3.8, 4) is 0 Å². The monoisotopic (exact) mass is 258 g/mol. The van der Waals surface area contributed by atoms with E-state index in [2.05, 4.69) is 44.1 Å². The van der Waals surface area contributed by atoms with E-state index in [1.54, 1.807) is 6.20 Å². The summed E-state index contributed by atoms with van der Waals surface area (Å²) in [5, 5.41) is 4.41. The summed E-state index contributed by atoms with van der Waals surface area (Å²) in [7, 11) is 0. The summed E-state index contributed by atoms with van der Waals surface area (Å²) >= 11 is 7.38. The molecule has 0 unspecified atom stereocenters. The van der Waals surface area contributed by atoms with Gasteiger partial charge >= 0.3 is 0 Å². The van der Waals surface area contributed by atoms with Crippen LogP contribution in [-0.2, 0) is 0 Å². The van der Waals surface area contributed by atoms with E-state index in [0.717, 1.165) is 15.9 Å². The Morgan fingerprint density at radius 2 is 2.19 bits per heavy atom. The van der Waals surface area contributed by atoms with Gasteiger partial charge in [-0.25, -0.2) is 4.98 Å². The van der Waals surface area contributed by atoms with Crippen molar-refractivity contribution < 1.29 is 0 Å². The van der Waals surface area contributed by atoms with Gasteiger partial charge < -0.3 is 5.32 Å². The van der Waals surface area contributed by atoms with Crippen LogP contribution in [0.3, 0.4) is 0 Å². The summed E-state index contributed by atoms with van der Waals surface area (Å²) in [6.45, 7) is 9.61. The summed E-state index contributed by atoms with van der Waals surface area (Å²) in [5.74, 6) is 0.522. The maximum atomic E-state index is 5.86. The smallest absolute Gasteiger partial charge is 0.117 e. The fourth-order valence-corrected chi connectivity index (χ4v) is 2.14. The first-order valence-electron chi connectivity index (χ1n) is 5.54. The fraction of sp³-hybridized carbons (Fsp3) is 0.583. The zero-order valence-corrected chi connectivity index (χ0v) is 11.8. The van der Waals surface area contributed by atoms with E-state index in [9.17, 15) is 0 Å². The number of thiazole rings is 1. The minimum Gasteiger partial charge on any atom is -0.311 e. The number of aromatic nitrogens is 1. The van der Waals surface area contributed by atoms with Crippen molar-refractivity contribution in [2.75, 3.05) is 6.54 Å². The van der Waals surface area contributed by atoms with Gasteiger partial charge in [0.05, 0.1) is 6.20 Å². The van der Waals surface area contributed by atoms with Crippen molar-refractivity contribution in [1.29, 1.82) is 0 Å². The number of halogens is 1. The minimum absolute atomic E-state index is 0.502. The number of hydrogen-bond acceptors (Lipinski definition) is 3. The third-order valence-corrected chi connectivity index (χ3v) is 3.32. The largest absolute Gasteiger partial charge is 0.311 e. The van der Waals surface area contributed by atoms with Crippen molar-refractivity contribution >= 4 is 29.0 Å². The molecule has 0 fully saturated rings. The van der Waals surface area contributed by atoms with Gasteiger partial charge in [0.25, 0.3) is 0 Å². The molecule has 1 rings (SSSR count). The summed E-state index contributed by atoms with van der Waals surface area (Å²) in [5.41, 5.74) is 1.36. The molecule has 0 radical (unpaired) electrons. The molecule has 2 nitrogen and oxygen atoms in total. The lowest BCUT2D eigenvalue weighted by Crippen LogP contribution is -2.26. The van der Waals surface area contributed by atoms with Crippen molar-refractivity contribution in [2.24, 2.45) is 5.92 Å². The molecule has 1 heterocycles. The Labute approximate surface area is 107 Å². The first-order valence-corrected chi connectivity index (χ1v) is 6.73. The number of rotatable bonds is 5. The average Bonchev–Trinajstić information content (AvgIpc) is 2.57. The average molecular weight is 259 g/mol. The maximum Gasteiger partial charge on any atom is 0.117 e. The first kappa shape index (κ1) is 13.7. The molecule has 0 aliphatic rings. The van der Waals surface area contributed by atoms with Crippen LogP contribution in [0.2, 0.25) is 4.34 Å². The molecule has 1 aromatic rings. The lowest BCUT2D eigenvalue weighted by molar-refractivity contribution is 0.593. The second-order valence-electron chi connectivity index (χ2n) is 4.41. The molecule has 0 atom stereocenters. The highest BCUT2D eigenvalue weighted by molar-refractivity contribution is 7.16. The van der Waals surface area contributed by atoms with Gasteiger partial charge in [-0.3, -0.25) is 0 Å². The lowest BCUT2D eigenvalue weighted by Gasteiger charge is -2.14. The van der Waals surface area contributed by atoms with E-state index in [-0.39, 0.29) is 0 Å². The van der Waals surface area contributed by atoms with Gasteiger partial charge in [-0.2, -0.15) is 0 Å². The van der Waals surface area contributed by atoms with Crippen LogP contribution >= 0.6 is 22.9 Å². The van der Waals surface area contributed by atoms with E-state index in [0.29, 0.717) is 12.0 Å². The van der Waals surface area contributed by atoms with Crippen LogP contribution < -0.4 is 5.32 Å². The third kappa shape index (κ3) is 4.64. The zero-order chi connectivity index (χ0) is 12.1. The normalized spacial score (nSPS) is 12.8.